The number of methoxy groups -OCH3 is 1. The highest BCUT2D eigenvalue weighted by atomic mass is 16.7. The Morgan fingerprint density at radius 3 is 2.30 bits per heavy atom. The topological polar surface area (TPSA) is 70.8 Å². The van der Waals surface area contributed by atoms with Gasteiger partial charge >= 0.3 is 5.97 Å². The molecule has 0 saturated heterocycles. The smallest absolute Gasteiger partial charge is 0.341 e. The van der Waals surface area contributed by atoms with Gasteiger partial charge in [0.1, 0.15) is 11.9 Å². The lowest BCUT2D eigenvalue weighted by molar-refractivity contribution is -0.155. The fourth-order valence-corrected chi connectivity index (χ4v) is 3.75. The molecule has 0 aromatic heterocycles. The van der Waals surface area contributed by atoms with E-state index >= 15 is 0 Å². The summed E-state index contributed by atoms with van der Waals surface area (Å²) in [6.45, 7) is -0.0899. The predicted molar refractivity (Wildman–Crippen MR) is 114 cm³/mol. The van der Waals surface area contributed by atoms with Gasteiger partial charge in [-0.15, -0.1) is 6.42 Å². The number of rotatable bonds is 4. The van der Waals surface area contributed by atoms with Crippen LogP contribution in [0, 0.1) is 12.3 Å². The Labute approximate surface area is 175 Å². The standard InChI is InChI=1S/C25H21NO4/c1-3-25(26,24(27)28-2)23-20-15-14-19(17-10-6-4-7-11-17)21(22(20)29-16-30-23)18-12-8-5-9-13-18/h1,4-15,23H,16,26H2,2H3. The first-order valence-corrected chi connectivity index (χ1v) is 9.47. The minimum Gasteiger partial charge on any atom is -0.467 e. The second-order valence-electron chi connectivity index (χ2n) is 6.95. The van der Waals surface area contributed by atoms with Crippen LogP contribution in [0.4, 0.5) is 0 Å². The molecule has 3 aromatic carbocycles. The van der Waals surface area contributed by atoms with Gasteiger partial charge in [0.25, 0.3) is 0 Å². The molecule has 0 radical (unpaired) electrons. The summed E-state index contributed by atoms with van der Waals surface area (Å²) in [5.74, 6) is 2.22. The van der Waals surface area contributed by atoms with E-state index in [-0.39, 0.29) is 6.79 Å². The lowest BCUT2D eigenvalue weighted by atomic mass is 9.84. The summed E-state index contributed by atoms with van der Waals surface area (Å²) >= 11 is 0. The second kappa shape index (κ2) is 8.03. The van der Waals surface area contributed by atoms with Crippen LogP contribution in [-0.4, -0.2) is 25.4 Å². The van der Waals surface area contributed by atoms with Crippen molar-refractivity contribution in [2.24, 2.45) is 5.73 Å². The van der Waals surface area contributed by atoms with Crippen molar-refractivity contribution in [3.63, 3.8) is 0 Å². The van der Waals surface area contributed by atoms with Crippen LogP contribution in [0.2, 0.25) is 0 Å². The number of carbonyl (C=O) groups is 1. The number of ether oxygens (including phenoxy) is 3. The minimum atomic E-state index is -1.78. The molecule has 0 fully saturated rings. The summed E-state index contributed by atoms with van der Waals surface area (Å²) in [6.07, 6.45) is 4.73. The molecular weight excluding hydrogens is 378 g/mol. The second-order valence-corrected chi connectivity index (χ2v) is 6.95. The maximum Gasteiger partial charge on any atom is 0.341 e. The Bertz CT molecular complexity index is 1110. The van der Waals surface area contributed by atoms with Crippen LogP contribution in [-0.2, 0) is 14.3 Å². The van der Waals surface area contributed by atoms with Gasteiger partial charge in [0.2, 0.25) is 5.54 Å². The molecule has 4 rings (SSSR count). The van der Waals surface area contributed by atoms with E-state index in [1.165, 1.54) is 7.11 Å². The molecule has 3 aromatic rings. The number of terminal acetylenes is 1. The van der Waals surface area contributed by atoms with Crippen LogP contribution in [0.5, 0.6) is 5.75 Å². The Morgan fingerprint density at radius 2 is 1.70 bits per heavy atom. The van der Waals surface area contributed by atoms with Gasteiger partial charge in [-0.1, -0.05) is 78.7 Å². The first kappa shape index (κ1) is 19.7. The van der Waals surface area contributed by atoms with Crippen LogP contribution < -0.4 is 10.5 Å². The predicted octanol–water partition coefficient (Wildman–Crippen LogP) is 3.93. The number of nitrogens with two attached hydrogens (primary N) is 1. The number of hydrogen-bond acceptors (Lipinski definition) is 5. The molecule has 150 valence electrons. The first-order valence-electron chi connectivity index (χ1n) is 9.47. The number of hydrogen-bond donors (Lipinski definition) is 1. The fourth-order valence-electron chi connectivity index (χ4n) is 3.75. The van der Waals surface area contributed by atoms with E-state index in [1.54, 1.807) is 0 Å². The first-order chi connectivity index (χ1) is 14.6. The van der Waals surface area contributed by atoms with Gasteiger partial charge in [-0.3, -0.25) is 0 Å². The Morgan fingerprint density at radius 1 is 1.07 bits per heavy atom. The third-order valence-electron chi connectivity index (χ3n) is 5.23. The average molecular weight is 399 g/mol. The lowest BCUT2D eigenvalue weighted by Crippen LogP contribution is -2.54. The quantitative estimate of drug-likeness (QED) is 0.532. The molecule has 0 spiro atoms. The number of esters is 1. The molecule has 0 amide bonds. The zero-order chi connectivity index (χ0) is 21.1. The highest BCUT2D eigenvalue weighted by Crippen LogP contribution is 2.47. The molecule has 30 heavy (non-hydrogen) atoms. The van der Waals surface area contributed by atoms with Crippen molar-refractivity contribution in [1.29, 1.82) is 0 Å². The fraction of sp³-hybridized carbons (Fsp3) is 0.160. The molecule has 1 heterocycles. The highest BCUT2D eigenvalue weighted by Gasteiger charge is 2.47. The summed E-state index contributed by atoms with van der Waals surface area (Å²) in [6, 6.07) is 23.7. The van der Waals surface area contributed by atoms with Gasteiger partial charge in [-0.05, 0) is 16.7 Å². The molecule has 5 heteroatoms. The maximum absolute atomic E-state index is 12.4. The third-order valence-corrected chi connectivity index (χ3v) is 5.23. The average Bonchev–Trinajstić information content (AvgIpc) is 2.82. The number of benzene rings is 3. The van der Waals surface area contributed by atoms with Gasteiger partial charge in [-0.2, -0.15) is 0 Å². The molecular formula is C25H21NO4. The van der Waals surface area contributed by atoms with Crippen molar-refractivity contribution in [2.45, 2.75) is 11.6 Å². The zero-order valence-corrected chi connectivity index (χ0v) is 16.5. The Balaban J connectivity index is 1.97. The third kappa shape index (κ3) is 3.22. The number of carbonyl (C=O) groups excluding carboxylic acids is 1. The van der Waals surface area contributed by atoms with Gasteiger partial charge in [0.15, 0.2) is 6.79 Å². The van der Waals surface area contributed by atoms with Crippen molar-refractivity contribution >= 4 is 5.97 Å². The van der Waals surface area contributed by atoms with E-state index in [1.807, 2.05) is 72.8 Å². The van der Waals surface area contributed by atoms with Gasteiger partial charge in [-0.25, -0.2) is 4.79 Å². The molecule has 5 nitrogen and oxygen atoms in total. The van der Waals surface area contributed by atoms with Crippen molar-refractivity contribution in [3.8, 4) is 40.3 Å². The molecule has 0 aliphatic carbocycles. The summed E-state index contributed by atoms with van der Waals surface area (Å²) in [4.78, 5) is 12.4. The summed E-state index contributed by atoms with van der Waals surface area (Å²) in [5.41, 5.74) is 8.99. The molecule has 0 bridgehead atoms. The molecule has 2 unspecified atom stereocenters. The van der Waals surface area contributed by atoms with Crippen molar-refractivity contribution in [1.82, 2.24) is 0 Å². The summed E-state index contributed by atoms with van der Waals surface area (Å²) < 4.78 is 16.5. The normalized spacial score (nSPS) is 17.0. The molecule has 2 atom stereocenters. The van der Waals surface area contributed by atoms with E-state index in [0.717, 1.165) is 22.3 Å². The lowest BCUT2D eigenvalue weighted by Gasteiger charge is -2.35. The van der Waals surface area contributed by atoms with Crippen LogP contribution in [0.15, 0.2) is 72.8 Å². The van der Waals surface area contributed by atoms with Crippen molar-refractivity contribution in [3.05, 3.63) is 78.4 Å². The maximum atomic E-state index is 12.4. The SMILES string of the molecule is C#CC(N)(C(=O)OC)C1OCOc2c1ccc(-c1ccccc1)c2-c1ccccc1. The molecule has 1 aliphatic heterocycles. The van der Waals surface area contributed by atoms with Crippen molar-refractivity contribution in [2.75, 3.05) is 13.9 Å². The summed E-state index contributed by atoms with van der Waals surface area (Å²) in [5, 5.41) is 0. The van der Waals surface area contributed by atoms with Crippen LogP contribution in [0.25, 0.3) is 22.3 Å². The summed E-state index contributed by atoms with van der Waals surface area (Å²) in [7, 11) is 1.25. The van der Waals surface area contributed by atoms with Gasteiger partial charge in [0, 0.05) is 11.1 Å². The number of fused-ring (bicyclic) bond motifs is 1. The van der Waals surface area contributed by atoms with Crippen molar-refractivity contribution < 1.29 is 19.0 Å². The van der Waals surface area contributed by atoms with Crippen LogP contribution >= 0.6 is 0 Å². The molecule has 0 saturated carbocycles. The molecule has 1 aliphatic rings. The van der Waals surface area contributed by atoms with Crippen LogP contribution in [0.1, 0.15) is 11.7 Å². The Hall–Kier alpha value is -3.59. The van der Waals surface area contributed by atoms with E-state index in [0.29, 0.717) is 11.3 Å². The highest BCUT2D eigenvalue weighted by molar-refractivity contribution is 5.90. The minimum absolute atomic E-state index is 0.0899. The Kier molecular flexibility index (Phi) is 5.28. The van der Waals surface area contributed by atoms with E-state index in [2.05, 4.69) is 5.92 Å². The largest absolute Gasteiger partial charge is 0.467 e. The van der Waals surface area contributed by atoms with E-state index in [4.69, 9.17) is 26.4 Å². The van der Waals surface area contributed by atoms with Crippen LogP contribution in [0.3, 0.4) is 0 Å². The monoisotopic (exact) mass is 399 g/mol. The zero-order valence-electron chi connectivity index (χ0n) is 16.5. The molecule has 2 N–H and O–H groups in total. The van der Waals surface area contributed by atoms with E-state index < -0.39 is 17.6 Å². The van der Waals surface area contributed by atoms with Gasteiger partial charge in [0.05, 0.1) is 7.11 Å². The van der Waals surface area contributed by atoms with E-state index in [9.17, 15) is 4.79 Å². The van der Waals surface area contributed by atoms with Gasteiger partial charge < -0.3 is 19.9 Å².